The summed E-state index contributed by atoms with van der Waals surface area (Å²) >= 11 is 0. The second-order valence-corrected chi connectivity index (χ2v) is 11.8. The van der Waals surface area contributed by atoms with E-state index in [2.05, 4.69) is 41.5 Å². The van der Waals surface area contributed by atoms with Gasteiger partial charge in [0.15, 0.2) is 0 Å². The minimum absolute atomic E-state index is 0.170. The van der Waals surface area contributed by atoms with Gasteiger partial charge >= 0.3 is 14.0 Å². The smallest absolute Gasteiger partial charge is 0.407 e. The van der Waals surface area contributed by atoms with Crippen molar-refractivity contribution in [2.75, 3.05) is 0 Å². The zero-order valence-electron chi connectivity index (χ0n) is 17.1. The van der Waals surface area contributed by atoms with E-state index in [1.807, 2.05) is 0 Å². The summed E-state index contributed by atoms with van der Waals surface area (Å²) in [6.45, 7) is 14.1. The van der Waals surface area contributed by atoms with E-state index in [0.717, 1.165) is 24.7 Å². The average molecular weight is 358 g/mol. The molecule has 8 aliphatic rings. The molecular weight excluding hydrogens is 326 g/mol. The van der Waals surface area contributed by atoms with E-state index in [1.165, 1.54) is 12.8 Å². The molecule has 2 heterocycles. The Morgan fingerprint density at radius 3 is 2.19 bits per heavy atom. The third kappa shape index (κ3) is 1.75. The standard InChI is InChI=1S/C20H32B2O4/c1-17(2)12-7-13(17)16-19(5,10-12)25-22(24-16)21-23-15-9-11-8-14(18(11,3)4)20(15,6)26-21/h11-16H,7-10H2,1-6H3/t11-,12+,13-,14-,15+,16+,19-,20-/m1/s1. The second-order valence-electron chi connectivity index (χ2n) is 11.8. The van der Waals surface area contributed by atoms with Crippen molar-refractivity contribution in [3.05, 3.63) is 0 Å². The van der Waals surface area contributed by atoms with Crippen LogP contribution >= 0.6 is 0 Å². The maximum absolute atomic E-state index is 6.60. The van der Waals surface area contributed by atoms with Crippen LogP contribution in [0.5, 0.6) is 0 Å². The zero-order valence-corrected chi connectivity index (χ0v) is 17.1. The first-order chi connectivity index (χ1) is 12.1. The van der Waals surface area contributed by atoms with Gasteiger partial charge in [-0.25, -0.2) is 0 Å². The third-order valence-corrected chi connectivity index (χ3v) is 10.0. The topological polar surface area (TPSA) is 36.9 Å². The molecule has 142 valence electrons. The van der Waals surface area contributed by atoms with Crippen molar-refractivity contribution < 1.29 is 18.6 Å². The Balaban J connectivity index is 1.23. The maximum atomic E-state index is 6.60. The largest absolute Gasteiger partial charge is 0.488 e. The van der Waals surface area contributed by atoms with Gasteiger partial charge in [-0.3, -0.25) is 0 Å². The fourth-order valence-corrected chi connectivity index (χ4v) is 7.87. The van der Waals surface area contributed by atoms with Gasteiger partial charge in [-0.1, -0.05) is 27.7 Å². The fraction of sp³-hybridized carbons (Fsp3) is 1.00. The zero-order chi connectivity index (χ0) is 18.3. The second kappa shape index (κ2) is 4.58. The molecule has 0 aromatic carbocycles. The Labute approximate surface area is 158 Å². The first kappa shape index (κ1) is 16.9. The van der Waals surface area contributed by atoms with Gasteiger partial charge in [0.05, 0.1) is 23.4 Å². The van der Waals surface area contributed by atoms with Crippen LogP contribution in [0.4, 0.5) is 0 Å². The first-order valence-electron chi connectivity index (χ1n) is 10.7. The van der Waals surface area contributed by atoms with Crippen LogP contribution in [0.25, 0.3) is 0 Å². The third-order valence-electron chi connectivity index (χ3n) is 10.0. The summed E-state index contributed by atoms with van der Waals surface area (Å²) in [6, 6.07) is 0. The molecule has 0 N–H and O–H groups in total. The molecule has 2 aliphatic heterocycles. The Hall–Kier alpha value is -0.0301. The van der Waals surface area contributed by atoms with E-state index in [1.54, 1.807) is 0 Å². The van der Waals surface area contributed by atoms with E-state index in [4.69, 9.17) is 18.6 Å². The highest BCUT2D eigenvalue weighted by atomic mass is 16.7. The van der Waals surface area contributed by atoms with Crippen molar-refractivity contribution >= 4 is 14.0 Å². The lowest BCUT2D eigenvalue weighted by Gasteiger charge is -2.64. The van der Waals surface area contributed by atoms with Crippen LogP contribution in [0.2, 0.25) is 0 Å². The quantitative estimate of drug-likeness (QED) is 0.673. The first-order valence-corrected chi connectivity index (χ1v) is 10.7. The number of rotatable bonds is 1. The summed E-state index contributed by atoms with van der Waals surface area (Å²) in [5.41, 5.74) is 0.388. The van der Waals surface area contributed by atoms with E-state index in [0.29, 0.717) is 22.7 Å². The van der Waals surface area contributed by atoms with Gasteiger partial charge in [0.1, 0.15) is 0 Å². The fourth-order valence-electron chi connectivity index (χ4n) is 7.87. The normalized spacial score (nSPS) is 57.9. The number of hydrogen-bond acceptors (Lipinski definition) is 4. The van der Waals surface area contributed by atoms with Crippen LogP contribution in [-0.2, 0) is 18.6 Å². The molecular formula is C20H32B2O4. The van der Waals surface area contributed by atoms with Crippen molar-refractivity contribution in [2.24, 2.45) is 34.5 Å². The van der Waals surface area contributed by atoms with Gasteiger partial charge in [-0.15, -0.1) is 0 Å². The minimum Gasteiger partial charge on any atom is -0.407 e. The van der Waals surface area contributed by atoms with Crippen molar-refractivity contribution in [3.63, 3.8) is 0 Å². The van der Waals surface area contributed by atoms with Crippen LogP contribution in [0.3, 0.4) is 0 Å². The molecule has 4 nitrogen and oxygen atoms in total. The summed E-state index contributed by atoms with van der Waals surface area (Å²) in [7, 11) is -0.745. The lowest BCUT2D eigenvalue weighted by atomic mass is 9.43. The predicted octanol–water partition coefficient (Wildman–Crippen LogP) is 3.52. The minimum atomic E-state index is -0.372. The van der Waals surface area contributed by atoms with Gasteiger partial charge in [0, 0.05) is 0 Å². The van der Waals surface area contributed by atoms with E-state index < -0.39 is 0 Å². The van der Waals surface area contributed by atoms with Crippen LogP contribution in [0.1, 0.15) is 67.2 Å². The highest BCUT2D eigenvalue weighted by Crippen LogP contribution is 2.67. The van der Waals surface area contributed by atoms with Crippen molar-refractivity contribution in [1.82, 2.24) is 0 Å². The van der Waals surface area contributed by atoms with E-state index in [9.17, 15) is 0 Å². The predicted molar refractivity (Wildman–Crippen MR) is 100 cm³/mol. The molecule has 0 aromatic heterocycles. The molecule has 6 heteroatoms. The monoisotopic (exact) mass is 358 g/mol. The highest BCUT2D eigenvalue weighted by Gasteiger charge is 2.73. The van der Waals surface area contributed by atoms with Gasteiger partial charge in [0.2, 0.25) is 0 Å². The Morgan fingerprint density at radius 2 is 1.50 bits per heavy atom. The summed E-state index contributed by atoms with van der Waals surface area (Å²) < 4.78 is 26.1. The maximum Gasteiger partial charge on any atom is 0.488 e. The summed E-state index contributed by atoms with van der Waals surface area (Å²) in [5, 5.41) is 0. The SMILES string of the molecule is CC1(C)[C@H]2C[C@@H]1[C@@H]1OB(B3O[C@H]4C[C@H]5C[C@H](C5(C)C)[C@@]4(C)O3)O[C@]1(C)C2. The molecule has 0 aromatic rings. The van der Waals surface area contributed by atoms with Crippen LogP contribution in [-0.4, -0.2) is 37.4 Å². The van der Waals surface area contributed by atoms with E-state index >= 15 is 0 Å². The molecule has 0 radical (unpaired) electrons. The molecule has 0 amide bonds. The molecule has 8 atom stereocenters. The molecule has 26 heavy (non-hydrogen) atoms. The molecule has 8 fully saturated rings. The Kier molecular flexibility index (Phi) is 2.97. The summed E-state index contributed by atoms with van der Waals surface area (Å²) in [4.78, 5) is 0. The van der Waals surface area contributed by atoms with Crippen LogP contribution in [0, 0.1) is 34.5 Å². The lowest BCUT2D eigenvalue weighted by molar-refractivity contribution is -0.199. The van der Waals surface area contributed by atoms with Gasteiger partial charge in [-0.05, 0) is 74.0 Å². The van der Waals surface area contributed by atoms with Crippen molar-refractivity contribution in [2.45, 2.75) is 90.6 Å². The summed E-state index contributed by atoms with van der Waals surface area (Å²) in [6.07, 6.45) is 5.15. The highest BCUT2D eigenvalue weighted by molar-refractivity contribution is 7.11. The number of hydrogen-bond donors (Lipinski definition) is 0. The van der Waals surface area contributed by atoms with Crippen molar-refractivity contribution in [1.29, 1.82) is 0 Å². The van der Waals surface area contributed by atoms with Gasteiger partial charge in [0.25, 0.3) is 0 Å². The van der Waals surface area contributed by atoms with Gasteiger partial charge in [-0.2, -0.15) is 0 Å². The lowest BCUT2D eigenvalue weighted by Crippen LogP contribution is -2.65. The molecule has 0 spiro atoms. The van der Waals surface area contributed by atoms with Crippen LogP contribution < -0.4 is 0 Å². The molecule has 6 saturated carbocycles. The molecule has 2 saturated heterocycles. The molecule has 8 rings (SSSR count). The Morgan fingerprint density at radius 1 is 0.769 bits per heavy atom. The summed E-state index contributed by atoms with van der Waals surface area (Å²) in [5.74, 6) is 2.71. The molecule has 6 aliphatic carbocycles. The molecule has 0 unspecified atom stereocenters. The van der Waals surface area contributed by atoms with Gasteiger partial charge < -0.3 is 18.6 Å². The van der Waals surface area contributed by atoms with E-state index in [-0.39, 0.29) is 37.4 Å². The van der Waals surface area contributed by atoms with Crippen molar-refractivity contribution in [3.8, 4) is 0 Å². The average Bonchev–Trinajstić information content (AvgIpc) is 3.09. The van der Waals surface area contributed by atoms with Crippen LogP contribution in [0.15, 0.2) is 0 Å². The Bertz CT molecular complexity index is 668. The molecule has 4 bridgehead atoms.